The minimum Gasteiger partial charge on any atom is -0.481 e. The minimum atomic E-state index is -0.711. The lowest BCUT2D eigenvalue weighted by Gasteiger charge is -2.28. The van der Waals surface area contributed by atoms with Crippen molar-refractivity contribution >= 4 is 11.9 Å². The van der Waals surface area contributed by atoms with E-state index in [0.29, 0.717) is 24.9 Å². The van der Waals surface area contributed by atoms with Gasteiger partial charge in [0.15, 0.2) is 0 Å². The zero-order chi connectivity index (χ0) is 16.4. The molecule has 1 unspecified atom stereocenters. The monoisotopic (exact) mass is 321 g/mol. The Morgan fingerprint density at radius 3 is 2.35 bits per heavy atom. The van der Waals surface area contributed by atoms with Crippen LogP contribution in [0.5, 0.6) is 0 Å². The highest BCUT2D eigenvalue weighted by molar-refractivity contribution is 5.81. The van der Waals surface area contributed by atoms with Crippen LogP contribution >= 0.6 is 0 Å². The van der Waals surface area contributed by atoms with Gasteiger partial charge in [-0.25, -0.2) is 0 Å². The van der Waals surface area contributed by atoms with Crippen molar-refractivity contribution in [1.82, 2.24) is 4.90 Å². The normalized spacial score (nSPS) is 30.4. The van der Waals surface area contributed by atoms with E-state index in [1.807, 2.05) is 4.90 Å². The molecule has 1 saturated heterocycles. The minimum absolute atomic E-state index is 0.102. The Kier molecular flexibility index (Phi) is 5.27. The number of carbonyl (C=O) groups is 2. The highest BCUT2D eigenvalue weighted by Crippen LogP contribution is 2.44. The van der Waals surface area contributed by atoms with Gasteiger partial charge in [0.05, 0.1) is 5.92 Å². The van der Waals surface area contributed by atoms with Crippen LogP contribution in [0.4, 0.5) is 0 Å². The van der Waals surface area contributed by atoms with Gasteiger partial charge in [-0.2, -0.15) is 0 Å². The molecule has 2 aliphatic carbocycles. The standard InChI is InChI=1S/C19H31NO3/c1-2-14(10-13-6-4-3-5-7-13)18(21)20-11-16(15-8-9-15)17(12-20)19(22)23/h13-17H,2-12H2,1H3,(H,22,23)/t14?,16-,17+/m1/s1. The van der Waals surface area contributed by atoms with Crippen molar-refractivity contribution in [3.05, 3.63) is 0 Å². The molecule has 4 nitrogen and oxygen atoms in total. The molecule has 130 valence electrons. The third-order valence-corrected chi connectivity index (χ3v) is 6.41. The van der Waals surface area contributed by atoms with E-state index in [4.69, 9.17) is 0 Å². The highest BCUT2D eigenvalue weighted by Gasteiger charge is 2.47. The molecule has 3 fully saturated rings. The lowest BCUT2D eigenvalue weighted by Crippen LogP contribution is -2.36. The van der Waals surface area contributed by atoms with E-state index >= 15 is 0 Å². The summed E-state index contributed by atoms with van der Waals surface area (Å²) in [6.07, 6.45) is 10.7. The molecule has 4 heteroatoms. The van der Waals surface area contributed by atoms with Gasteiger partial charge in [-0.15, -0.1) is 0 Å². The maximum absolute atomic E-state index is 12.9. The van der Waals surface area contributed by atoms with Crippen LogP contribution < -0.4 is 0 Å². The number of rotatable bonds is 6. The summed E-state index contributed by atoms with van der Waals surface area (Å²) in [5.41, 5.74) is 0. The molecule has 2 saturated carbocycles. The first-order valence-corrected chi connectivity index (χ1v) is 9.61. The summed E-state index contributed by atoms with van der Waals surface area (Å²) in [6.45, 7) is 3.23. The van der Waals surface area contributed by atoms with E-state index in [0.717, 1.165) is 25.7 Å². The molecule has 3 aliphatic rings. The second kappa shape index (κ2) is 7.23. The average Bonchev–Trinajstić information content (AvgIpc) is 3.31. The van der Waals surface area contributed by atoms with E-state index in [-0.39, 0.29) is 23.7 Å². The van der Waals surface area contributed by atoms with Crippen molar-refractivity contribution in [2.75, 3.05) is 13.1 Å². The first-order chi connectivity index (χ1) is 11.1. The Morgan fingerprint density at radius 1 is 1.09 bits per heavy atom. The smallest absolute Gasteiger partial charge is 0.308 e. The van der Waals surface area contributed by atoms with E-state index < -0.39 is 5.97 Å². The quantitative estimate of drug-likeness (QED) is 0.814. The molecular formula is C19H31NO3. The Balaban J connectivity index is 1.60. The van der Waals surface area contributed by atoms with Crippen molar-refractivity contribution in [3.8, 4) is 0 Å². The summed E-state index contributed by atoms with van der Waals surface area (Å²) in [4.78, 5) is 26.4. The van der Waals surface area contributed by atoms with Crippen LogP contribution in [0, 0.1) is 29.6 Å². The lowest BCUT2D eigenvalue weighted by atomic mass is 9.81. The molecule has 1 amide bonds. The second-order valence-electron chi connectivity index (χ2n) is 8.03. The van der Waals surface area contributed by atoms with Gasteiger partial charge < -0.3 is 10.0 Å². The molecule has 0 aromatic carbocycles. The molecule has 1 aliphatic heterocycles. The van der Waals surface area contributed by atoms with E-state index in [1.54, 1.807) is 0 Å². The van der Waals surface area contributed by atoms with Crippen LogP contribution in [0.2, 0.25) is 0 Å². The molecule has 0 aromatic rings. The molecule has 1 heterocycles. The van der Waals surface area contributed by atoms with Crippen molar-refractivity contribution in [1.29, 1.82) is 0 Å². The Morgan fingerprint density at radius 2 is 1.78 bits per heavy atom. The van der Waals surface area contributed by atoms with Crippen LogP contribution in [-0.4, -0.2) is 35.0 Å². The number of carboxylic acid groups (broad SMARTS) is 1. The van der Waals surface area contributed by atoms with Crippen molar-refractivity contribution in [3.63, 3.8) is 0 Å². The molecule has 3 atom stereocenters. The van der Waals surface area contributed by atoms with Crippen molar-refractivity contribution < 1.29 is 14.7 Å². The van der Waals surface area contributed by atoms with Crippen LogP contribution in [0.3, 0.4) is 0 Å². The fourth-order valence-electron chi connectivity index (χ4n) is 4.80. The first-order valence-electron chi connectivity index (χ1n) is 9.61. The lowest BCUT2D eigenvalue weighted by molar-refractivity contribution is -0.143. The number of carboxylic acids is 1. The zero-order valence-electron chi connectivity index (χ0n) is 14.4. The number of carbonyl (C=O) groups excluding carboxylic acids is 1. The van der Waals surface area contributed by atoms with Gasteiger partial charge in [-0.05, 0) is 43.4 Å². The number of amides is 1. The van der Waals surface area contributed by atoms with Gasteiger partial charge in [-0.3, -0.25) is 9.59 Å². The maximum Gasteiger partial charge on any atom is 0.308 e. The number of hydrogen-bond acceptors (Lipinski definition) is 2. The van der Waals surface area contributed by atoms with E-state index in [1.165, 1.54) is 32.1 Å². The van der Waals surface area contributed by atoms with E-state index in [2.05, 4.69) is 6.92 Å². The average molecular weight is 321 g/mol. The molecule has 23 heavy (non-hydrogen) atoms. The molecular weight excluding hydrogens is 290 g/mol. The topological polar surface area (TPSA) is 57.6 Å². The second-order valence-corrected chi connectivity index (χ2v) is 8.03. The summed E-state index contributed by atoms with van der Waals surface area (Å²) >= 11 is 0. The van der Waals surface area contributed by atoms with E-state index in [9.17, 15) is 14.7 Å². The Labute approximate surface area is 139 Å². The molecule has 0 radical (unpaired) electrons. The number of hydrogen-bond donors (Lipinski definition) is 1. The SMILES string of the molecule is CCC(CC1CCCCC1)C(=O)N1C[C@H](C(=O)O)[C@@H](C2CC2)C1. The zero-order valence-corrected chi connectivity index (χ0v) is 14.4. The summed E-state index contributed by atoms with van der Waals surface area (Å²) in [5, 5.41) is 9.48. The Bertz CT molecular complexity index is 440. The largest absolute Gasteiger partial charge is 0.481 e. The highest BCUT2D eigenvalue weighted by atomic mass is 16.4. The van der Waals surface area contributed by atoms with Crippen LogP contribution in [-0.2, 0) is 9.59 Å². The van der Waals surface area contributed by atoms with Gasteiger partial charge in [0.25, 0.3) is 0 Å². The van der Waals surface area contributed by atoms with Crippen molar-refractivity contribution in [2.45, 2.75) is 64.7 Å². The van der Waals surface area contributed by atoms with Crippen molar-refractivity contribution in [2.24, 2.45) is 29.6 Å². The van der Waals surface area contributed by atoms with Gasteiger partial charge >= 0.3 is 5.97 Å². The maximum atomic E-state index is 12.9. The summed E-state index contributed by atoms with van der Waals surface area (Å²) in [5.74, 6) is 0.736. The Hall–Kier alpha value is -1.06. The van der Waals surface area contributed by atoms with Crippen LogP contribution in [0.25, 0.3) is 0 Å². The number of nitrogens with zero attached hydrogens (tertiary/aromatic N) is 1. The predicted octanol–water partition coefficient (Wildman–Crippen LogP) is 3.55. The van der Waals surface area contributed by atoms with Crippen LogP contribution in [0.1, 0.15) is 64.7 Å². The molecule has 0 spiro atoms. The van der Waals surface area contributed by atoms with Gasteiger partial charge in [0.1, 0.15) is 0 Å². The number of aliphatic carboxylic acids is 1. The van der Waals surface area contributed by atoms with Gasteiger partial charge in [0, 0.05) is 19.0 Å². The third kappa shape index (κ3) is 3.89. The first kappa shape index (κ1) is 16.8. The summed E-state index contributed by atoms with van der Waals surface area (Å²) in [6, 6.07) is 0. The fraction of sp³-hybridized carbons (Fsp3) is 0.895. The molecule has 1 N–H and O–H groups in total. The van der Waals surface area contributed by atoms with Gasteiger partial charge in [0.2, 0.25) is 5.91 Å². The fourth-order valence-corrected chi connectivity index (χ4v) is 4.80. The third-order valence-electron chi connectivity index (χ3n) is 6.41. The number of likely N-dealkylation sites (tertiary alicyclic amines) is 1. The van der Waals surface area contributed by atoms with Crippen LogP contribution in [0.15, 0.2) is 0 Å². The predicted molar refractivity (Wildman–Crippen MR) is 88.9 cm³/mol. The van der Waals surface area contributed by atoms with Gasteiger partial charge in [-0.1, -0.05) is 39.0 Å². The molecule has 0 aromatic heterocycles. The molecule has 3 rings (SSSR count). The summed E-state index contributed by atoms with van der Waals surface area (Å²) < 4.78 is 0. The summed E-state index contributed by atoms with van der Waals surface area (Å²) in [7, 11) is 0. The molecule has 0 bridgehead atoms.